The Balaban J connectivity index is 2.12. The monoisotopic (exact) mass is 325 g/mol. The zero-order chi connectivity index (χ0) is 16.0. The van der Waals surface area contributed by atoms with Crippen LogP contribution in [0.2, 0.25) is 0 Å². The van der Waals surface area contributed by atoms with Crippen molar-refractivity contribution in [1.29, 1.82) is 0 Å². The Labute approximate surface area is 134 Å². The van der Waals surface area contributed by atoms with Gasteiger partial charge in [0.1, 0.15) is 0 Å². The van der Waals surface area contributed by atoms with Gasteiger partial charge in [-0.2, -0.15) is 4.31 Å². The second-order valence-corrected chi connectivity index (χ2v) is 8.31. The van der Waals surface area contributed by atoms with Crippen molar-refractivity contribution in [3.8, 4) is 0 Å². The first-order valence-corrected chi connectivity index (χ1v) is 9.77. The quantitative estimate of drug-likeness (QED) is 0.838. The van der Waals surface area contributed by atoms with E-state index in [2.05, 4.69) is 0 Å². The summed E-state index contributed by atoms with van der Waals surface area (Å²) in [4.78, 5) is 0. The molecule has 1 aliphatic carbocycles. The van der Waals surface area contributed by atoms with E-state index in [1.54, 1.807) is 7.05 Å². The van der Waals surface area contributed by atoms with Gasteiger partial charge in [0.25, 0.3) is 0 Å². The lowest BCUT2D eigenvalue weighted by Gasteiger charge is -2.30. The largest absolute Gasteiger partial charge is 0.396 e. The minimum Gasteiger partial charge on any atom is -0.396 e. The highest BCUT2D eigenvalue weighted by atomic mass is 32.2. The SMILES string of the molecule is CN(C(CCO)c1ccccc1)S(=O)(=O)CC1CCCCC1. The normalized spacial score (nSPS) is 18.5. The van der Waals surface area contributed by atoms with Gasteiger partial charge < -0.3 is 5.11 Å². The Morgan fingerprint density at radius 1 is 1.18 bits per heavy atom. The predicted octanol–water partition coefficient (Wildman–Crippen LogP) is 2.95. The van der Waals surface area contributed by atoms with E-state index in [0.717, 1.165) is 31.2 Å². The third-order valence-electron chi connectivity index (χ3n) is 4.64. The topological polar surface area (TPSA) is 57.6 Å². The van der Waals surface area contributed by atoms with Gasteiger partial charge in [0.2, 0.25) is 10.0 Å². The lowest BCUT2D eigenvalue weighted by molar-refractivity contribution is 0.239. The molecule has 1 atom stereocenters. The molecule has 1 saturated carbocycles. The molecule has 4 nitrogen and oxygen atoms in total. The predicted molar refractivity (Wildman–Crippen MR) is 89.0 cm³/mol. The minimum absolute atomic E-state index is 0.0250. The van der Waals surface area contributed by atoms with Gasteiger partial charge in [-0.3, -0.25) is 0 Å². The van der Waals surface area contributed by atoms with Crippen LogP contribution in [0, 0.1) is 5.92 Å². The summed E-state index contributed by atoms with van der Waals surface area (Å²) < 4.78 is 26.9. The Bertz CT molecular complexity index is 538. The van der Waals surface area contributed by atoms with Crippen molar-refractivity contribution in [2.75, 3.05) is 19.4 Å². The fraction of sp³-hybridized carbons (Fsp3) is 0.647. The number of aliphatic hydroxyl groups is 1. The number of hydrogen-bond donors (Lipinski definition) is 1. The standard InChI is InChI=1S/C17H27NO3S/c1-18(17(12-13-19)16-10-6-3-7-11-16)22(20,21)14-15-8-4-2-5-9-15/h3,6-7,10-11,15,17,19H,2,4-5,8-9,12-14H2,1H3. The highest BCUT2D eigenvalue weighted by Gasteiger charge is 2.30. The van der Waals surface area contributed by atoms with E-state index in [1.165, 1.54) is 10.7 Å². The molecule has 1 aromatic rings. The second-order valence-electron chi connectivity index (χ2n) is 6.24. The summed E-state index contributed by atoms with van der Waals surface area (Å²) in [5.74, 6) is 0.518. The summed E-state index contributed by atoms with van der Waals surface area (Å²) in [6.07, 6.45) is 5.96. The van der Waals surface area contributed by atoms with E-state index in [1.807, 2.05) is 30.3 Å². The van der Waals surface area contributed by atoms with Crippen LogP contribution in [0.1, 0.15) is 50.1 Å². The number of sulfonamides is 1. The summed E-state index contributed by atoms with van der Waals surface area (Å²) in [5.41, 5.74) is 0.936. The molecule has 0 heterocycles. The number of benzene rings is 1. The van der Waals surface area contributed by atoms with Crippen molar-refractivity contribution in [2.24, 2.45) is 5.92 Å². The maximum Gasteiger partial charge on any atom is 0.214 e. The van der Waals surface area contributed by atoms with Crippen LogP contribution in [-0.4, -0.2) is 37.2 Å². The van der Waals surface area contributed by atoms with Crippen LogP contribution in [-0.2, 0) is 10.0 Å². The Morgan fingerprint density at radius 3 is 2.41 bits per heavy atom. The highest BCUT2D eigenvalue weighted by molar-refractivity contribution is 7.89. The fourth-order valence-electron chi connectivity index (χ4n) is 3.32. The molecule has 22 heavy (non-hydrogen) atoms. The van der Waals surface area contributed by atoms with E-state index in [-0.39, 0.29) is 24.3 Å². The van der Waals surface area contributed by atoms with E-state index in [0.29, 0.717) is 6.42 Å². The van der Waals surface area contributed by atoms with Crippen molar-refractivity contribution in [3.63, 3.8) is 0 Å². The molecule has 0 amide bonds. The first-order valence-electron chi connectivity index (χ1n) is 8.16. The molecule has 1 aromatic carbocycles. The van der Waals surface area contributed by atoms with E-state index in [4.69, 9.17) is 0 Å². The lowest BCUT2D eigenvalue weighted by Crippen LogP contribution is -2.36. The Morgan fingerprint density at radius 2 is 1.82 bits per heavy atom. The van der Waals surface area contributed by atoms with Crippen LogP contribution in [0.3, 0.4) is 0 Å². The molecule has 0 saturated heterocycles. The van der Waals surface area contributed by atoms with Crippen molar-refractivity contribution in [3.05, 3.63) is 35.9 Å². The van der Waals surface area contributed by atoms with Crippen molar-refractivity contribution in [1.82, 2.24) is 4.31 Å². The number of hydrogen-bond acceptors (Lipinski definition) is 3. The number of rotatable bonds is 7. The van der Waals surface area contributed by atoms with Crippen molar-refractivity contribution >= 4 is 10.0 Å². The molecule has 0 aliphatic heterocycles. The van der Waals surface area contributed by atoms with Gasteiger partial charge in [-0.1, -0.05) is 49.6 Å². The molecule has 1 fully saturated rings. The molecule has 1 unspecified atom stereocenters. The van der Waals surface area contributed by atoms with Crippen LogP contribution >= 0.6 is 0 Å². The fourth-order valence-corrected chi connectivity index (χ4v) is 5.10. The summed E-state index contributed by atoms with van der Waals surface area (Å²) in [6.45, 7) is -0.0250. The third-order valence-corrected chi connectivity index (χ3v) is 6.66. The number of aliphatic hydroxyl groups excluding tert-OH is 1. The lowest BCUT2D eigenvalue weighted by atomic mass is 9.91. The molecule has 5 heteroatoms. The Hall–Kier alpha value is -0.910. The molecule has 1 aliphatic rings. The maximum atomic E-state index is 12.7. The molecular weight excluding hydrogens is 298 g/mol. The van der Waals surface area contributed by atoms with E-state index >= 15 is 0 Å². The van der Waals surface area contributed by atoms with Gasteiger partial charge >= 0.3 is 0 Å². The van der Waals surface area contributed by atoms with Gasteiger partial charge in [-0.05, 0) is 30.7 Å². The van der Waals surface area contributed by atoms with Crippen molar-refractivity contribution in [2.45, 2.75) is 44.6 Å². The van der Waals surface area contributed by atoms with Crippen LogP contribution in [0.4, 0.5) is 0 Å². The molecule has 1 N–H and O–H groups in total. The summed E-state index contributed by atoms with van der Waals surface area (Å²) in [5, 5.41) is 9.31. The molecule has 0 spiro atoms. The maximum absolute atomic E-state index is 12.7. The summed E-state index contributed by atoms with van der Waals surface area (Å²) in [6, 6.07) is 9.28. The van der Waals surface area contributed by atoms with Crippen LogP contribution in [0.5, 0.6) is 0 Å². The van der Waals surface area contributed by atoms with Crippen LogP contribution in [0.25, 0.3) is 0 Å². The van der Waals surface area contributed by atoms with E-state index in [9.17, 15) is 13.5 Å². The molecule has 0 radical (unpaired) electrons. The highest BCUT2D eigenvalue weighted by Crippen LogP contribution is 2.29. The smallest absolute Gasteiger partial charge is 0.214 e. The van der Waals surface area contributed by atoms with Gasteiger partial charge in [-0.15, -0.1) is 0 Å². The minimum atomic E-state index is -3.31. The van der Waals surface area contributed by atoms with Crippen LogP contribution < -0.4 is 0 Å². The number of nitrogens with zero attached hydrogens (tertiary/aromatic N) is 1. The van der Waals surface area contributed by atoms with Gasteiger partial charge in [0, 0.05) is 13.7 Å². The van der Waals surface area contributed by atoms with E-state index < -0.39 is 10.0 Å². The molecule has 2 rings (SSSR count). The first kappa shape index (κ1) is 17.4. The molecular formula is C17H27NO3S. The molecule has 0 aromatic heterocycles. The third kappa shape index (κ3) is 4.54. The molecule has 0 bridgehead atoms. The van der Waals surface area contributed by atoms with Gasteiger partial charge in [-0.25, -0.2) is 8.42 Å². The first-order chi connectivity index (χ1) is 10.5. The Kier molecular flexibility index (Phi) is 6.41. The average molecular weight is 325 g/mol. The zero-order valence-electron chi connectivity index (χ0n) is 13.3. The van der Waals surface area contributed by atoms with Crippen LogP contribution in [0.15, 0.2) is 30.3 Å². The van der Waals surface area contributed by atoms with Crippen molar-refractivity contribution < 1.29 is 13.5 Å². The molecule has 124 valence electrons. The summed E-state index contributed by atoms with van der Waals surface area (Å²) >= 11 is 0. The van der Waals surface area contributed by atoms with Gasteiger partial charge in [0.15, 0.2) is 0 Å². The second kappa shape index (κ2) is 8.09. The average Bonchev–Trinajstić information content (AvgIpc) is 2.53. The summed E-state index contributed by atoms with van der Waals surface area (Å²) in [7, 11) is -1.66. The zero-order valence-corrected chi connectivity index (χ0v) is 14.1. The van der Waals surface area contributed by atoms with Gasteiger partial charge in [0.05, 0.1) is 11.8 Å².